The Bertz CT molecular complexity index is 241. The van der Waals surface area contributed by atoms with Crippen LogP contribution < -0.4 is 0 Å². The maximum absolute atomic E-state index is 9.11. The number of nitrogens with zero attached hydrogens (tertiary/aromatic N) is 1. The van der Waals surface area contributed by atoms with Gasteiger partial charge >= 0.3 is 0 Å². The van der Waals surface area contributed by atoms with E-state index < -0.39 is 0 Å². The van der Waals surface area contributed by atoms with Gasteiger partial charge in [0.25, 0.3) is 0 Å². The molecule has 2 nitrogen and oxygen atoms in total. The van der Waals surface area contributed by atoms with Crippen LogP contribution in [0.15, 0.2) is 16.7 Å². The molecule has 1 N–H and O–H groups in total. The van der Waals surface area contributed by atoms with Gasteiger partial charge in [-0.25, -0.2) is 0 Å². The topological polar surface area (TPSA) is 33.1 Å². The molecule has 0 saturated carbocycles. The van der Waals surface area contributed by atoms with Crippen molar-refractivity contribution in [3.63, 3.8) is 0 Å². The molecule has 0 aliphatic heterocycles. The highest BCUT2D eigenvalue weighted by molar-refractivity contribution is 9.10. The second-order valence-electron chi connectivity index (χ2n) is 1.75. The average Bonchev–Trinajstić information content (AvgIpc) is 1.88. The number of rotatable bonds is 1. The predicted octanol–water partition coefficient (Wildman–Crippen LogP) is 2.29. The monoisotopic (exact) mass is 221 g/mol. The third kappa shape index (κ3) is 1.61. The number of alkyl halides is 1. The van der Waals surface area contributed by atoms with Crippen LogP contribution in [0.5, 0.6) is 5.75 Å². The van der Waals surface area contributed by atoms with Gasteiger partial charge in [-0.15, -0.1) is 11.6 Å². The highest BCUT2D eigenvalue weighted by atomic mass is 79.9. The van der Waals surface area contributed by atoms with Crippen molar-refractivity contribution in [2.24, 2.45) is 0 Å². The van der Waals surface area contributed by atoms with E-state index >= 15 is 0 Å². The SMILES string of the molecule is Oc1cc(Br)cnc1CCl. The fourth-order valence-corrected chi connectivity index (χ4v) is 1.08. The smallest absolute Gasteiger partial charge is 0.139 e. The van der Waals surface area contributed by atoms with Crippen LogP contribution in [0, 0.1) is 0 Å². The lowest BCUT2D eigenvalue weighted by atomic mass is 10.3. The summed E-state index contributed by atoms with van der Waals surface area (Å²) in [5.74, 6) is 0.364. The number of aromatic nitrogens is 1. The molecule has 0 amide bonds. The summed E-state index contributed by atoms with van der Waals surface area (Å²) in [6.45, 7) is 0. The van der Waals surface area contributed by atoms with Crippen molar-refractivity contribution < 1.29 is 5.11 Å². The molecule has 1 heterocycles. The van der Waals surface area contributed by atoms with E-state index in [4.69, 9.17) is 16.7 Å². The van der Waals surface area contributed by atoms with E-state index in [2.05, 4.69) is 20.9 Å². The molecule has 0 aliphatic rings. The number of hydrogen-bond acceptors (Lipinski definition) is 2. The van der Waals surface area contributed by atoms with Crippen molar-refractivity contribution in [1.29, 1.82) is 0 Å². The summed E-state index contributed by atoms with van der Waals surface area (Å²) in [7, 11) is 0. The number of halogens is 2. The van der Waals surface area contributed by atoms with Crippen molar-refractivity contribution in [2.45, 2.75) is 5.88 Å². The largest absolute Gasteiger partial charge is 0.506 e. The summed E-state index contributed by atoms with van der Waals surface area (Å²) in [6, 6.07) is 1.56. The first-order valence-electron chi connectivity index (χ1n) is 2.63. The normalized spacial score (nSPS) is 9.80. The van der Waals surface area contributed by atoms with Gasteiger partial charge in [-0.1, -0.05) is 0 Å². The minimum atomic E-state index is 0.129. The molecule has 0 aliphatic carbocycles. The van der Waals surface area contributed by atoms with Crippen LogP contribution in [-0.4, -0.2) is 10.1 Å². The van der Waals surface area contributed by atoms with Crippen molar-refractivity contribution in [2.75, 3.05) is 0 Å². The maximum atomic E-state index is 9.11. The lowest BCUT2D eigenvalue weighted by molar-refractivity contribution is 0.466. The third-order valence-corrected chi connectivity index (χ3v) is 1.73. The van der Waals surface area contributed by atoms with Gasteiger partial charge in [-0.3, -0.25) is 4.98 Å². The fraction of sp³-hybridized carbons (Fsp3) is 0.167. The minimum Gasteiger partial charge on any atom is -0.506 e. The summed E-state index contributed by atoms with van der Waals surface area (Å²) in [5.41, 5.74) is 0.505. The molecule has 0 bridgehead atoms. The molecule has 10 heavy (non-hydrogen) atoms. The first-order chi connectivity index (χ1) is 4.74. The molecule has 0 aromatic carbocycles. The lowest BCUT2D eigenvalue weighted by Crippen LogP contribution is -1.84. The van der Waals surface area contributed by atoms with Gasteiger partial charge in [0.2, 0.25) is 0 Å². The standard InChI is InChI=1S/C6H5BrClNO/c7-4-1-6(10)5(2-8)9-3-4/h1,3,10H,2H2. The van der Waals surface area contributed by atoms with Crippen molar-refractivity contribution in [3.05, 3.63) is 22.4 Å². The van der Waals surface area contributed by atoms with E-state index in [1.807, 2.05) is 0 Å². The van der Waals surface area contributed by atoms with Gasteiger partial charge in [-0.05, 0) is 22.0 Å². The molecule has 4 heteroatoms. The molecular weight excluding hydrogens is 217 g/mol. The Labute approximate surface area is 72.0 Å². The first kappa shape index (κ1) is 7.82. The predicted molar refractivity (Wildman–Crippen MR) is 43.2 cm³/mol. The van der Waals surface area contributed by atoms with E-state index in [1.54, 1.807) is 12.3 Å². The lowest BCUT2D eigenvalue weighted by Gasteiger charge is -1.97. The molecular formula is C6H5BrClNO. The van der Waals surface area contributed by atoms with Crippen LogP contribution in [0.1, 0.15) is 5.69 Å². The maximum Gasteiger partial charge on any atom is 0.139 e. The summed E-state index contributed by atoms with van der Waals surface area (Å²) >= 11 is 8.61. The first-order valence-corrected chi connectivity index (χ1v) is 3.96. The van der Waals surface area contributed by atoms with Crippen LogP contribution in [-0.2, 0) is 5.88 Å². The van der Waals surface area contributed by atoms with E-state index in [1.165, 1.54) is 0 Å². The highest BCUT2D eigenvalue weighted by Crippen LogP contribution is 2.20. The number of hydrogen-bond donors (Lipinski definition) is 1. The summed E-state index contributed by atoms with van der Waals surface area (Å²) in [5, 5.41) is 9.11. The zero-order valence-corrected chi connectivity index (χ0v) is 7.35. The van der Waals surface area contributed by atoms with E-state index in [9.17, 15) is 0 Å². The van der Waals surface area contributed by atoms with Gasteiger partial charge < -0.3 is 5.11 Å². The molecule has 0 atom stereocenters. The van der Waals surface area contributed by atoms with Crippen molar-refractivity contribution in [1.82, 2.24) is 4.98 Å². The Morgan fingerprint density at radius 2 is 2.40 bits per heavy atom. The summed E-state index contributed by atoms with van der Waals surface area (Å²) < 4.78 is 0.749. The summed E-state index contributed by atoms with van der Waals surface area (Å²) in [4.78, 5) is 3.87. The Morgan fingerprint density at radius 1 is 1.70 bits per heavy atom. The molecule has 0 unspecified atom stereocenters. The van der Waals surface area contributed by atoms with Crippen molar-refractivity contribution in [3.8, 4) is 5.75 Å². The third-order valence-electron chi connectivity index (χ3n) is 1.04. The van der Waals surface area contributed by atoms with Crippen LogP contribution in [0.2, 0.25) is 0 Å². The van der Waals surface area contributed by atoms with Gasteiger partial charge in [0, 0.05) is 10.7 Å². The molecule has 0 fully saturated rings. The molecule has 54 valence electrons. The van der Waals surface area contributed by atoms with Gasteiger partial charge in [0.15, 0.2) is 0 Å². The van der Waals surface area contributed by atoms with Crippen molar-refractivity contribution >= 4 is 27.5 Å². The Kier molecular flexibility index (Phi) is 2.51. The second-order valence-corrected chi connectivity index (χ2v) is 2.94. The number of aromatic hydroxyl groups is 1. The molecule has 1 rings (SSSR count). The molecule has 1 aromatic heterocycles. The molecule has 0 saturated heterocycles. The zero-order chi connectivity index (χ0) is 7.56. The number of pyridine rings is 1. The quantitative estimate of drug-likeness (QED) is 0.740. The van der Waals surface area contributed by atoms with Crippen LogP contribution in [0.3, 0.4) is 0 Å². The Morgan fingerprint density at radius 3 is 2.90 bits per heavy atom. The second kappa shape index (κ2) is 3.21. The zero-order valence-electron chi connectivity index (χ0n) is 5.01. The van der Waals surface area contributed by atoms with E-state index in [0.29, 0.717) is 5.69 Å². The van der Waals surface area contributed by atoms with Gasteiger partial charge in [0.05, 0.1) is 11.6 Å². The van der Waals surface area contributed by atoms with Gasteiger partial charge in [-0.2, -0.15) is 0 Å². The Hall–Kier alpha value is -0.280. The van der Waals surface area contributed by atoms with E-state index in [-0.39, 0.29) is 11.6 Å². The molecule has 1 aromatic rings. The highest BCUT2D eigenvalue weighted by Gasteiger charge is 1.99. The van der Waals surface area contributed by atoms with E-state index in [0.717, 1.165) is 4.47 Å². The fourth-order valence-electron chi connectivity index (χ4n) is 0.560. The van der Waals surface area contributed by atoms with Crippen LogP contribution in [0.25, 0.3) is 0 Å². The van der Waals surface area contributed by atoms with Crippen LogP contribution >= 0.6 is 27.5 Å². The summed E-state index contributed by atoms with van der Waals surface area (Å²) in [6.07, 6.45) is 1.59. The van der Waals surface area contributed by atoms with Gasteiger partial charge in [0.1, 0.15) is 5.75 Å². The Balaban J connectivity index is 3.07. The minimum absolute atomic E-state index is 0.129. The molecule has 0 spiro atoms. The molecule has 0 radical (unpaired) electrons. The average molecular weight is 222 g/mol. The van der Waals surface area contributed by atoms with Crippen LogP contribution in [0.4, 0.5) is 0 Å².